The standard InChI is InChI=1S/C40H38B6O2/c1-39(2)40(3,4)48-46(47-39)22-17-18-24-29(20-22)23-12-6-5-11-21(23)19-30(24)31-25-13-7-9-15-27(25)32(28-16-10-8-14-26(28)31)33-34(41)36(43)38(45)37(44)35(33)42/h5-20H,41-45H2,1-4H3. The highest BCUT2D eigenvalue weighted by molar-refractivity contribution is 6.69. The fourth-order valence-corrected chi connectivity index (χ4v) is 8.02. The average Bonchev–Trinajstić information content (AvgIpc) is 3.31. The smallest absolute Gasteiger partial charge is 0.399 e. The van der Waals surface area contributed by atoms with Crippen LogP contribution in [0.3, 0.4) is 0 Å². The molecule has 1 saturated heterocycles. The molecule has 0 aliphatic carbocycles. The lowest BCUT2D eigenvalue weighted by molar-refractivity contribution is 0.00578. The number of benzene rings is 7. The van der Waals surface area contributed by atoms with Gasteiger partial charge in [0.15, 0.2) is 0 Å². The molecule has 2 nitrogen and oxygen atoms in total. The summed E-state index contributed by atoms with van der Waals surface area (Å²) in [7, 11) is 11.0. The van der Waals surface area contributed by atoms with Gasteiger partial charge in [0.1, 0.15) is 39.2 Å². The van der Waals surface area contributed by atoms with Gasteiger partial charge in [0.2, 0.25) is 0 Å². The Balaban J connectivity index is 1.47. The first-order chi connectivity index (χ1) is 22.9. The minimum Gasteiger partial charge on any atom is -0.399 e. The normalized spacial score (nSPS) is 15.6. The third kappa shape index (κ3) is 4.49. The van der Waals surface area contributed by atoms with Gasteiger partial charge in [0, 0.05) is 0 Å². The van der Waals surface area contributed by atoms with E-state index in [4.69, 9.17) is 9.31 Å². The first kappa shape index (κ1) is 31.2. The highest BCUT2D eigenvalue weighted by Crippen LogP contribution is 2.46. The SMILES string of the molecule is Bc1c(B)c(B)c(-c2c3ccccc3c(-c3cc4ccccc4c4cc(B5OC(C)(C)C(C)(C)O5)ccc34)c3ccccc23)c(B)c1B. The lowest BCUT2D eigenvalue weighted by atomic mass is 9.59. The van der Waals surface area contributed by atoms with E-state index in [1.807, 2.05) is 0 Å². The van der Waals surface area contributed by atoms with Crippen LogP contribution in [0.15, 0.2) is 97.1 Å². The molecule has 0 unspecified atom stereocenters. The molecule has 48 heavy (non-hydrogen) atoms. The number of hydrogen-bond donors (Lipinski definition) is 0. The predicted octanol–water partition coefficient (Wildman–Crippen LogP) is 1.22. The molecule has 0 N–H and O–H groups in total. The summed E-state index contributed by atoms with van der Waals surface area (Å²) in [4.78, 5) is 0. The number of rotatable bonds is 3. The average molecular weight is 616 g/mol. The zero-order valence-corrected chi connectivity index (χ0v) is 29.6. The summed E-state index contributed by atoms with van der Waals surface area (Å²) in [6.45, 7) is 8.46. The molecule has 8 heteroatoms. The van der Waals surface area contributed by atoms with Gasteiger partial charge in [-0.3, -0.25) is 0 Å². The Morgan fingerprint density at radius 3 is 1.44 bits per heavy atom. The first-order valence-electron chi connectivity index (χ1n) is 17.2. The second-order valence-corrected chi connectivity index (χ2v) is 14.9. The van der Waals surface area contributed by atoms with E-state index in [2.05, 4.69) is 164 Å². The van der Waals surface area contributed by atoms with Gasteiger partial charge in [-0.1, -0.05) is 102 Å². The Bertz CT molecular complexity index is 2380. The number of fused-ring (bicyclic) bond motifs is 5. The number of hydrogen-bond acceptors (Lipinski definition) is 2. The summed E-state index contributed by atoms with van der Waals surface area (Å²) in [5.74, 6) is 0. The van der Waals surface area contributed by atoms with Crippen LogP contribution in [-0.4, -0.2) is 57.6 Å². The molecule has 0 atom stereocenters. The van der Waals surface area contributed by atoms with Crippen LogP contribution in [0.4, 0.5) is 0 Å². The molecule has 7 aromatic carbocycles. The van der Waals surface area contributed by atoms with E-state index < -0.39 is 18.3 Å². The maximum absolute atomic E-state index is 6.52. The molecule has 0 saturated carbocycles. The van der Waals surface area contributed by atoms with E-state index >= 15 is 0 Å². The van der Waals surface area contributed by atoms with Gasteiger partial charge in [-0.05, 0) is 105 Å². The van der Waals surface area contributed by atoms with E-state index in [0.717, 1.165) is 5.46 Å². The van der Waals surface area contributed by atoms with Crippen LogP contribution in [0.25, 0.3) is 65.3 Å². The molecule has 0 spiro atoms. The Labute approximate surface area is 288 Å². The Kier molecular flexibility index (Phi) is 7.11. The zero-order valence-electron chi connectivity index (χ0n) is 29.6. The molecule has 1 aliphatic heterocycles. The lowest BCUT2D eigenvalue weighted by Gasteiger charge is -2.32. The van der Waals surface area contributed by atoms with E-state index in [0.29, 0.717) is 0 Å². The van der Waals surface area contributed by atoms with E-state index in [-0.39, 0.29) is 0 Å². The van der Waals surface area contributed by atoms with Crippen molar-refractivity contribution in [1.29, 1.82) is 0 Å². The molecular formula is C40H38B6O2. The van der Waals surface area contributed by atoms with Gasteiger partial charge in [-0.15, -0.1) is 16.4 Å². The van der Waals surface area contributed by atoms with Crippen molar-refractivity contribution in [2.24, 2.45) is 0 Å². The molecule has 228 valence electrons. The summed E-state index contributed by atoms with van der Waals surface area (Å²) < 4.78 is 13.0. The van der Waals surface area contributed by atoms with Crippen molar-refractivity contribution >= 4 is 122 Å². The second-order valence-electron chi connectivity index (χ2n) is 14.9. The van der Waals surface area contributed by atoms with Crippen LogP contribution in [0.5, 0.6) is 0 Å². The van der Waals surface area contributed by atoms with Gasteiger partial charge < -0.3 is 9.31 Å². The minimum atomic E-state index is -0.421. The molecule has 0 bridgehead atoms. The second kappa shape index (κ2) is 11.0. The summed E-state index contributed by atoms with van der Waals surface area (Å²) in [6.07, 6.45) is 0. The summed E-state index contributed by atoms with van der Waals surface area (Å²) in [5, 5.41) is 10.0. The van der Waals surface area contributed by atoms with Crippen LogP contribution < -0.4 is 32.8 Å². The van der Waals surface area contributed by atoms with E-state index in [9.17, 15) is 0 Å². The van der Waals surface area contributed by atoms with Crippen molar-refractivity contribution in [2.75, 3.05) is 0 Å². The van der Waals surface area contributed by atoms with Crippen LogP contribution in [0, 0.1) is 0 Å². The zero-order chi connectivity index (χ0) is 33.7. The predicted molar refractivity (Wildman–Crippen MR) is 224 cm³/mol. The lowest BCUT2D eigenvalue weighted by Crippen LogP contribution is -2.55. The van der Waals surface area contributed by atoms with E-state index in [1.54, 1.807) is 0 Å². The summed E-state index contributed by atoms with van der Waals surface area (Å²) >= 11 is 0. The molecule has 8 rings (SSSR count). The van der Waals surface area contributed by atoms with Crippen LogP contribution >= 0.6 is 0 Å². The van der Waals surface area contributed by atoms with Gasteiger partial charge in [0.25, 0.3) is 0 Å². The van der Waals surface area contributed by atoms with Gasteiger partial charge in [-0.25, -0.2) is 0 Å². The molecule has 1 heterocycles. The van der Waals surface area contributed by atoms with Crippen molar-refractivity contribution in [2.45, 2.75) is 38.9 Å². The van der Waals surface area contributed by atoms with Crippen molar-refractivity contribution in [3.05, 3.63) is 97.1 Å². The third-order valence-corrected chi connectivity index (χ3v) is 11.9. The van der Waals surface area contributed by atoms with Crippen LogP contribution in [0.1, 0.15) is 27.7 Å². The Morgan fingerprint density at radius 1 is 0.438 bits per heavy atom. The Morgan fingerprint density at radius 2 is 0.896 bits per heavy atom. The molecular weight excluding hydrogens is 577 g/mol. The highest BCUT2D eigenvalue weighted by atomic mass is 16.7. The van der Waals surface area contributed by atoms with E-state index in [1.165, 1.54) is 92.7 Å². The quantitative estimate of drug-likeness (QED) is 0.169. The summed E-state index contributed by atoms with van der Waals surface area (Å²) in [6, 6.07) is 36.0. The minimum absolute atomic E-state index is 0.401. The van der Waals surface area contributed by atoms with Crippen molar-refractivity contribution in [3.8, 4) is 22.3 Å². The maximum Gasteiger partial charge on any atom is 0.494 e. The molecule has 0 amide bonds. The van der Waals surface area contributed by atoms with Crippen molar-refractivity contribution < 1.29 is 9.31 Å². The Hall–Kier alpha value is -4.11. The topological polar surface area (TPSA) is 18.5 Å². The van der Waals surface area contributed by atoms with Crippen molar-refractivity contribution in [3.63, 3.8) is 0 Å². The highest BCUT2D eigenvalue weighted by Gasteiger charge is 2.51. The molecule has 1 fully saturated rings. The fourth-order valence-electron chi connectivity index (χ4n) is 8.02. The largest absolute Gasteiger partial charge is 0.494 e. The molecule has 7 aromatic rings. The fraction of sp³-hybridized carbons (Fsp3) is 0.150. The van der Waals surface area contributed by atoms with Gasteiger partial charge in [-0.2, -0.15) is 0 Å². The summed E-state index contributed by atoms with van der Waals surface area (Å²) in [5.41, 5.74) is 12.3. The van der Waals surface area contributed by atoms with Crippen LogP contribution in [-0.2, 0) is 9.31 Å². The van der Waals surface area contributed by atoms with Gasteiger partial charge >= 0.3 is 7.12 Å². The van der Waals surface area contributed by atoms with Gasteiger partial charge in [0.05, 0.1) is 11.2 Å². The third-order valence-electron chi connectivity index (χ3n) is 11.9. The maximum atomic E-state index is 6.52. The van der Waals surface area contributed by atoms with Crippen LogP contribution in [0.2, 0.25) is 0 Å². The first-order valence-corrected chi connectivity index (χ1v) is 17.2. The monoisotopic (exact) mass is 616 g/mol. The van der Waals surface area contributed by atoms with Crippen molar-refractivity contribution in [1.82, 2.24) is 0 Å². The molecule has 0 aromatic heterocycles. The molecule has 0 radical (unpaired) electrons. The molecule has 1 aliphatic rings.